The van der Waals surface area contributed by atoms with E-state index in [0.717, 1.165) is 53.7 Å². The van der Waals surface area contributed by atoms with E-state index in [1.807, 2.05) is 35.2 Å². The van der Waals surface area contributed by atoms with E-state index < -0.39 is 0 Å². The van der Waals surface area contributed by atoms with Gasteiger partial charge in [-0.2, -0.15) is 0 Å². The molecule has 3 heterocycles. The number of aromatic nitrogens is 4. The number of benzene rings is 2. The van der Waals surface area contributed by atoms with Crippen LogP contribution in [0.15, 0.2) is 72.1 Å². The molecule has 0 saturated heterocycles. The average molecular weight is 470 g/mol. The Morgan fingerprint density at radius 3 is 2.50 bits per heavy atom. The highest BCUT2D eigenvalue weighted by Crippen LogP contribution is 2.33. The largest absolute Gasteiger partial charge is 0.311 e. The summed E-state index contributed by atoms with van der Waals surface area (Å²) in [6, 6.07) is 18.5. The molecule has 5 rings (SSSR count). The van der Waals surface area contributed by atoms with Crippen molar-refractivity contribution in [1.82, 2.24) is 19.7 Å². The highest BCUT2D eigenvalue weighted by atomic mass is 32.2. The minimum Gasteiger partial charge on any atom is -0.311 e. The van der Waals surface area contributed by atoms with Gasteiger partial charge in [0.25, 0.3) is 0 Å². The van der Waals surface area contributed by atoms with E-state index in [4.69, 9.17) is 0 Å². The van der Waals surface area contributed by atoms with Crippen LogP contribution in [-0.2, 0) is 24.1 Å². The maximum Gasteiger partial charge on any atom is 0.237 e. The number of pyridine rings is 1. The third-order valence-corrected chi connectivity index (χ3v) is 7.17. The predicted molar refractivity (Wildman–Crippen MR) is 137 cm³/mol. The fourth-order valence-electron chi connectivity index (χ4n) is 4.55. The maximum absolute atomic E-state index is 13.2. The molecule has 0 bridgehead atoms. The number of thioether (sulfide) groups is 1. The Morgan fingerprint density at radius 1 is 0.971 bits per heavy atom. The molecule has 0 spiro atoms. The number of aryl methyl sites for hydroxylation is 2. The molecule has 6 nitrogen and oxygen atoms in total. The van der Waals surface area contributed by atoms with Crippen molar-refractivity contribution in [2.75, 3.05) is 17.2 Å². The Hall–Kier alpha value is -3.45. The minimum atomic E-state index is 0.0897. The average Bonchev–Trinajstić information content (AvgIpc) is 3.51. The highest BCUT2D eigenvalue weighted by Gasteiger charge is 2.26. The van der Waals surface area contributed by atoms with Crippen LogP contribution >= 0.6 is 11.8 Å². The van der Waals surface area contributed by atoms with Crippen LogP contribution in [0.3, 0.4) is 0 Å². The van der Waals surface area contributed by atoms with Crippen LogP contribution < -0.4 is 4.90 Å². The molecular weight excluding hydrogens is 442 g/mol. The van der Waals surface area contributed by atoms with E-state index in [9.17, 15) is 4.79 Å². The molecule has 0 atom stereocenters. The summed E-state index contributed by atoms with van der Waals surface area (Å²) in [6.07, 6.45) is 6.24. The van der Waals surface area contributed by atoms with Gasteiger partial charge < -0.3 is 4.90 Å². The van der Waals surface area contributed by atoms with Gasteiger partial charge >= 0.3 is 0 Å². The smallest absolute Gasteiger partial charge is 0.237 e. The number of hydrogen-bond acceptors (Lipinski definition) is 5. The number of carbonyl (C=O) groups excluding carboxylic acids is 1. The minimum absolute atomic E-state index is 0.0897. The predicted octanol–water partition coefficient (Wildman–Crippen LogP) is 5.14. The Kier molecular flexibility index (Phi) is 6.45. The molecule has 0 N–H and O–H groups in total. The van der Waals surface area contributed by atoms with Gasteiger partial charge in [-0.3, -0.25) is 14.3 Å². The Morgan fingerprint density at radius 2 is 1.76 bits per heavy atom. The summed E-state index contributed by atoms with van der Waals surface area (Å²) >= 11 is 1.44. The molecule has 7 heteroatoms. The van der Waals surface area contributed by atoms with Gasteiger partial charge in [0, 0.05) is 30.2 Å². The highest BCUT2D eigenvalue weighted by molar-refractivity contribution is 7.99. The molecule has 0 saturated carbocycles. The van der Waals surface area contributed by atoms with E-state index >= 15 is 0 Å². The summed E-state index contributed by atoms with van der Waals surface area (Å²) in [5, 5.41) is 9.81. The SMILES string of the molecule is CCc1cccc(CC)c1-n1c(SCC(=O)N2CCc3ccccc32)nnc1-c1cccnc1. The van der Waals surface area contributed by atoms with E-state index in [1.165, 1.54) is 28.5 Å². The summed E-state index contributed by atoms with van der Waals surface area (Å²) in [5.74, 6) is 1.13. The van der Waals surface area contributed by atoms with Crippen LogP contribution in [0, 0.1) is 0 Å². The molecular formula is C27H27N5OS. The molecule has 1 aliphatic heterocycles. The summed E-state index contributed by atoms with van der Waals surface area (Å²) < 4.78 is 2.12. The lowest BCUT2D eigenvalue weighted by Gasteiger charge is -2.19. The zero-order valence-electron chi connectivity index (χ0n) is 19.4. The van der Waals surface area contributed by atoms with E-state index in [-0.39, 0.29) is 5.91 Å². The van der Waals surface area contributed by atoms with Gasteiger partial charge in [0.2, 0.25) is 5.91 Å². The second-order valence-electron chi connectivity index (χ2n) is 8.23. The maximum atomic E-state index is 13.2. The van der Waals surface area contributed by atoms with Crippen LogP contribution in [0.5, 0.6) is 0 Å². The first-order valence-electron chi connectivity index (χ1n) is 11.7. The zero-order chi connectivity index (χ0) is 23.5. The van der Waals surface area contributed by atoms with Crippen molar-refractivity contribution in [3.8, 4) is 17.1 Å². The number of hydrogen-bond donors (Lipinski definition) is 0. The second kappa shape index (κ2) is 9.81. The molecule has 172 valence electrons. The van der Waals surface area contributed by atoms with Crippen molar-refractivity contribution in [1.29, 1.82) is 0 Å². The monoisotopic (exact) mass is 469 g/mol. The molecule has 1 amide bonds. The van der Waals surface area contributed by atoms with Gasteiger partial charge in [-0.05, 0) is 54.2 Å². The summed E-state index contributed by atoms with van der Waals surface area (Å²) in [7, 11) is 0. The van der Waals surface area contributed by atoms with Crippen molar-refractivity contribution >= 4 is 23.4 Å². The lowest BCUT2D eigenvalue weighted by molar-refractivity contribution is -0.116. The Labute approximate surface area is 204 Å². The van der Waals surface area contributed by atoms with Crippen molar-refractivity contribution < 1.29 is 4.79 Å². The number of nitrogens with zero attached hydrogens (tertiary/aromatic N) is 5. The summed E-state index contributed by atoms with van der Waals surface area (Å²) in [5.41, 5.74) is 6.71. The third-order valence-electron chi connectivity index (χ3n) is 6.25. The molecule has 2 aromatic heterocycles. The summed E-state index contributed by atoms with van der Waals surface area (Å²) in [4.78, 5) is 19.4. The van der Waals surface area contributed by atoms with Gasteiger partial charge in [0.15, 0.2) is 11.0 Å². The van der Waals surface area contributed by atoms with Gasteiger partial charge in [-0.1, -0.05) is 62.0 Å². The van der Waals surface area contributed by atoms with Gasteiger partial charge in [-0.25, -0.2) is 0 Å². The third kappa shape index (κ3) is 4.12. The van der Waals surface area contributed by atoms with Crippen LogP contribution in [0.4, 0.5) is 5.69 Å². The Balaban J connectivity index is 1.52. The quantitative estimate of drug-likeness (QED) is 0.351. The fraction of sp³-hybridized carbons (Fsp3) is 0.259. The lowest BCUT2D eigenvalue weighted by Crippen LogP contribution is -2.30. The van der Waals surface area contributed by atoms with Gasteiger partial charge in [0.05, 0.1) is 11.4 Å². The zero-order valence-corrected chi connectivity index (χ0v) is 20.3. The normalized spacial score (nSPS) is 12.7. The van der Waals surface area contributed by atoms with E-state index in [1.54, 1.807) is 12.4 Å². The summed E-state index contributed by atoms with van der Waals surface area (Å²) in [6.45, 7) is 5.05. The number of rotatable bonds is 7. The number of fused-ring (bicyclic) bond motifs is 1. The van der Waals surface area contributed by atoms with Crippen molar-refractivity contribution in [2.24, 2.45) is 0 Å². The Bertz CT molecular complexity index is 1300. The molecule has 1 aliphatic rings. The molecule has 34 heavy (non-hydrogen) atoms. The van der Waals surface area contributed by atoms with Crippen LogP contribution in [0.25, 0.3) is 17.1 Å². The number of para-hydroxylation sites is 2. The number of carbonyl (C=O) groups is 1. The molecule has 0 radical (unpaired) electrons. The molecule has 4 aromatic rings. The first-order chi connectivity index (χ1) is 16.7. The van der Waals surface area contributed by atoms with E-state index in [2.05, 4.69) is 57.9 Å². The molecule has 0 fully saturated rings. The molecule has 0 aliphatic carbocycles. The van der Waals surface area contributed by atoms with Crippen LogP contribution in [0.2, 0.25) is 0 Å². The van der Waals surface area contributed by atoms with Crippen molar-refractivity contribution in [3.63, 3.8) is 0 Å². The first kappa shape index (κ1) is 22.3. The fourth-order valence-corrected chi connectivity index (χ4v) is 5.36. The van der Waals surface area contributed by atoms with Crippen molar-refractivity contribution in [2.45, 2.75) is 38.3 Å². The lowest BCUT2D eigenvalue weighted by atomic mass is 10.0. The van der Waals surface area contributed by atoms with Crippen LogP contribution in [0.1, 0.15) is 30.5 Å². The topological polar surface area (TPSA) is 63.9 Å². The number of amides is 1. The van der Waals surface area contributed by atoms with Gasteiger partial charge in [-0.15, -0.1) is 10.2 Å². The number of anilines is 1. The molecule has 0 unspecified atom stereocenters. The van der Waals surface area contributed by atoms with Crippen molar-refractivity contribution in [3.05, 3.63) is 83.7 Å². The molecule has 2 aromatic carbocycles. The van der Waals surface area contributed by atoms with Crippen LogP contribution in [-0.4, -0.2) is 38.0 Å². The van der Waals surface area contributed by atoms with Gasteiger partial charge in [0.1, 0.15) is 0 Å². The van der Waals surface area contributed by atoms with E-state index in [0.29, 0.717) is 5.75 Å². The second-order valence-corrected chi connectivity index (χ2v) is 9.17. The first-order valence-corrected chi connectivity index (χ1v) is 12.7. The standard InChI is InChI=1S/C27H27N5OS/c1-3-19-10-7-11-20(4-2)25(19)32-26(22-12-8-15-28-17-22)29-30-27(32)34-18-24(33)31-16-14-21-9-5-6-13-23(21)31/h5-13,15,17H,3-4,14,16,18H2,1-2H3.